The van der Waals surface area contributed by atoms with E-state index in [2.05, 4.69) is 10.1 Å². The Bertz CT molecular complexity index is 1080. The van der Waals surface area contributed by atoms with E-state index < -0.39 is 5.97 Å². The molecule has 0 saturated heterocycles. The molecular formula is C20H13FN2O3. The van der Waals surface area contributed by atoms with Gasteiger partial charge in [0.1, 0.15) is 11.6 Å². The van der Waals surface area contributed by atoms with Gasteiger partial charge in [0, 0.05) is 30.3 Å². The quantitative estimate of drug-likeness (QED) is 0.409. The lowest BCUT2D eigenvalue weighted by atomic mass is 10.1. The maximum Gasteiger partial charge on any atom is 0.345 e. The normalized spacial score (nSPS) is 10.8. The fraction of sp³-hybridized carbons (Fsp3) is 0.0500. The van der Waals surface area contributed by atoms with Crippen LogP contribution < -0.4 is 4.74 Å². The van der Waals surface area contributed by atoms with Crippen LogP contribution in [0.25, 0.3) is 11.0 Å². The molecule has 0 aliphatic rings. The lowest BCUT2D eigenvalue weighted by Crippen LogP contribution is -2.08. The second-order valence-corrected chi connectivity index (χ2v) is 5.69. The first-order valence-electron chi connectivity index (χ1n) is 7.94. The summed E-state index contributed by atoms with van der Waals surface area (Å²) >= 11 is 0. The first kappa shape index (κ1) is 16.0. The van der Waals surface area contributed by atoms with Gasteiger partial charge in [-0.15, -0.1) is 0 Å². The number of pyridine rings is 1. The average molecular weight is 348 g/mol. The second kappa shape index (κ2) is 6.76. The molecule has 0 amide bonds. The van der Waals surface area contributed by atoms with E-state index in [0.717, 1.165) is 5.39 Å². The summed E-state index contributed by atoms with van der Waals surface area (Å²) in [4.78, 5) is 16.0. The topological polar surface area (TPSA) is 65.2 Å². The zero-order chi connectivity index (χ0) is 17.9. The first-order chi connectivity index (χ1) is 12.7. The Kier molecular flexibility index (Phi) is 4.15. The molecule has 0 fully saturated rings. The summed E-state index contributed by atoms with van der Waals surface area (Å²) < 4.78 is 24.5. The summed E-state index contributed by atoms with van der Waals surface area (Å²) in [5.41, 5.74) is 1.98. The summed E-state index contributed by atoms with van der Waals surface area (Å²) in [5.74, 6) is -0.464. The molecule has 0 atom stereocenters. The van der Waals surface area contributed by atoms with Gasteiger partial charge < -0.3 is 9.26 Å². The van der Waals surface area contributed by atoms with E-state index >= 15 is 0 Å². The van der Waals surface area contributed by atoms with Crippen molar-refractivity contribution in [1.82, 2.24) is 10.1 Å². The molecule has 2 aromatic heterocycles. The first-order valence-corrected chi connectivity index (χ1v) is 7.94. The van der Waals surface area contributed by atoms with Gasteiger partial charge in [0.25, 0.3) is 0 Å². The Morgan fingerprint density at radius 3 is 2.81 bits per heavy atom. The molecule has 0 bridgehead atoms. The summed E-state index contributed by atoms with van der Waals surface area (Å²) in [5, 5.41) is 4.76. The molecule has 0 saturated carbocycles. The number of esters is 1. The molecule has 6 heteroatoms. The fourth-order valence-electron chi connectivity index (χ4n) is 2.63. The molecule has 2 aromatic carbocycles. The Labute approximate surface area is 148 Å². The zero-order valence-electron chi connectivity index (χ0n) is 13.6. The van der Waals surface area contributed by atoms with Crippen LogP contribution in [0.4, 0.5) is 4.39 Å². The third-order valence-corrected chi connectivity index (χ3v) is 3.94. The monoisotopic (exact) mass is 348 g/mol. The van der Waals surface area contributed by atoms with Gasteiger partial charge >= 0.3 is 5.97 Å². The molecule has 0 radical (unpaired) electrons. The number of nitrogens with zero attached hydrogens (tertiary/aromatic N) is 2. The van der Waals surface area contributed by atoms with Gasteiger partial charge in [-0.3, -0.25) is 4.98 Å². The predicted molar refractivity (Wildman–Crippen MR) is 92.4 cm³/mol. The van der Waals surface area contributed by atoms with Gasteiger partial charge in [-0.2, -0.15) is 0 Å². The van der Waals surface area contributed by atoms with Crippen molar-refractivity contribution in [3.8, 4) is 5.75 Å². The van der Waals surface area contributed by atoms with Gasteiger partial charge in [-0.25, -0.2) is 9.18 Å². The molecule has 4 aromatic rings. The van der Waals surface area contributed by atoms with Crippen molar-refractivity contribution in [2.75, 3.05) is 0 Å². The van der Waals surface area contributed by atoms with Crippen LogP contribution in [0.2, 0.25) is 0 Å². The molecule has 2 heterocycles. The number of benzene rings is 2. The van der Waals surface area contributed by atoms with Crippen molar-refractivity contribution in [3.63, 3.8) is 0 Å². The lowest BCUT2D eigenvalue weighted by Gasteiger charge is -2.04. The maximum atomic E-state index is 13.8. The lowest BCUT2D eigenvalue weighted by molar-refractivity contribution is 0.0734. The van der Waals surface area contributed by atoms with E-state index in [9.17, 15) is 9.18 Å². The number of carbonyl (C=O) groups excluding carboxylic acids is 1. The van der Waals surface area contributed by atoms with Gasteiger partial charge in [0.05, 0.1) is 11.3 Å². The second-order valence-electron chi connectivity index (χ2n) is 5.69. The molecule has 0 aliphatic heterocycles. The summed E-state index contributed by atoms with van der Waals surface area (Å²) in [6.45, 7) is 0. The van der Waals surface area contributed by atoms with Crippen LogP contribution in [-0.2, 0) is 6.42 Å². The summed E-state index contributed by atoms with van der Waals surface area (Å²) in [7, 11) is 0. The number of carbonyl (C=O) groups is 1. The Morgan fingerprint density at radius 2 is 2.00 bits per heavy atom. The minimum atomic E-state index is -0.511. The van der Waals surface area contributed by atoms with Crippen molar-refractivity contribution >= 4 is 16.9 Å². The maximum absolute atomic E-state index is 13.8. The molecule has 128 valence electrons. The van der Waals surface area contributed by atoms with Gasteiger partial charge in [0.15, 0.2) is 5.58 Å². The van der Waals surface area contributed by atoms with Crippen LogP contribution in [0, 0.1) is 5.82 Å². The average Bonchev–Trinajstić information content (AvgIpc) is 3.06. The SMILES string of the molecule is O=C(Oc1ccc2c(Cc3ccccc3F)noc2c1)c1cccnc1. The van der Waals surface area contributed by atoms with Crippen LogP contribution in [0.5, 0.6) is 5.75 Å². The van der Waals surface area contributed by atoms with E-state index in [4.69, 9.17) is 9.26 Å². The number of fused-ring (bicyclic) bond motifs is 1. The van der Waals surface area contributed by atoms with Crippen LogP contribution in [0.15, 0.2) is 71.5 Å². The smallest absolute Gasteiger partial charge is 0.345 e. The number of ether oxygens (including phenoxy) is 1. The third-order valence-electron chi connectivity index (χ3n) is 3.94. The van der Waals surface area contributed by atoms with E-state index in [1.807, 2.05) is 0 Å². The molecule has 5 nitrogen and oxygen atoms in total. The van der Waals surface area contributed by atoms with Crippen LogP contribution in [0.1, 0.15) is 21.6 Å². The highest BCUT2D eigenvalue weighted by Crippen LogP contribution is 2.26. The number of rotatable bonds is 4. The van der Waals surface area contributed by atoms with Crippen LogP contribution in [-0.4, -0.2) is 16.1 Å². The molecule has 0 unspecified atom stereocenters. The van der Waals surface area contributed by atoms with Crippen molar-refractivity contribution in [3.05, 3.63) is 89.6 Å². The van der Waals surface area contributed by atoms with Gasteiger partial charge in [0.2, 0.25) is 0 Å². The minimum Gasteiger partial charge on any atom is -0.423 e. The Balaban J connectivity index is 1.57. The van der Waals surface area contributed by atoms with Crippen molar-refractivity contribution in [2.24, 2.45) is 0 Å². The highest BCUT2D eigenvalue weighted by Gasteiger charge is 2.14. The molecule has 0 N–H and O–H groups in total. The third kappa shape index (κ3) is 3.17. The highest BCUT2D eigenvalue weighted by atomic mass is 19.1. The van der Waals surface area contributed by atoms with Crippen molar-refractivity contribution in [1.29, 1.82) is 0 Å². The molecule has 26 heavy (non-hydrogen) atoms. The highest BCUT2D eigenvalue weighted by molar-refractivity contribution is 5.91. The minimum absolute atomic E-state index is 0.286. The number of hydrogen-bond acceptors (Lipinski definition) is 5. The predicted octanol–water partition coefficient (Wildman–Crippen LogP) is 4.17. The molecule has 4 rings (SSSR count). The number of halogens is 1. The van der Waals surface area contributed by atoms with E-state index in [-0.39, 0.29) is 5.82 Å². The Hall–Kier alpha value is -3.54. The van der Waals surface area contributed by atoms with E-state index in [0.29, 0.717) is 34.6 Å². The molecular weight excluding hydrogens is 335 g/mol. The Morgan fingerprint density at radius 1 is 1.12 bits per heavy atom. The molecule has 0 spiro atoms. The zero-order valence-corrected chi connectivity index (χ0v) is 13.6. The number of hydrogen-bond donors (Lipinski definition) is 0. The van der Waals surface area contributed by atoms with Crippen molar-refractivity contribution < 1.29 is 18.4 Å². The largest absolute Gasteiger partial charge is 0.423 e. The summed E-state index contributed by atoms with van der Waals surface area (Å²) in [6, 6.07) is 14.8. The van der Waals surface area contributed by atoms with E-state index in [1.54, 1.807) is 54.7 Å². The van der Waals surface area contributed by atoms with Gasteiger partial charge in [-0.1, -0.05) is 23.4 Å². The summed E-state index contributed by atoms with van der Waals surface area (Å²) in [6.07, 6.45) is 3.32. The van der Waals surface area contributed by atoms with Crippen molar-refractivity contribution in [2.45, 2.75) is 6.42 Å². The number of aromatic nitrogens is 2. The van der Waals surface area contributed by atoms with Crippen LogP contribution >= 0.6 is 0 Å². The fourth-order valence-corrected chi connectivity index (χ4v) is 2.63. The van der Waals surface area contributed by atoms with Crippen LogP contribution in [0.3, 0.4) is 0 Å². The van der Waals surface area contributed by atoms with E-state index in [1.165, 1.54) is 12.3 Å². The van der Waals surface area contributed by atoms with Gasteiger partial charge in [-0.05, 0) is 35.9 Å². The molecule has 0 aliphatic carbocycles. The standard InChI is InChI=1S/C20H13FN2O3/c21-17-6-2-1-4-13(17)10-18-16-8-7-15(11-19(16)26-23-18)25-20(24)14-5-3-9-22-12-14/h1-9,11-12H,10H2.